The zero-order valence-electron chi connectivity index (χ0n) is 11.2. The molecule has 3 rings (SSSR count). The number of fused-ring (bicyclic) bond motifs is 1. The van der Waals surface area contributed by atoms with Crippen molar-refractivity contribution in [3.63, 3.8) is 0 Å². The molecule has 0 unspecified atom stereocenters. The first-order valence-corrected chi connectivity index (χ1v) is 7.34. The van der Waals surface area contributed by atoms with Gasteiger partial charge in [0.25, 0.3) is 0 Å². The highest BCUT2D eigenvalue weighted by Gasteiger charge is 2.17. The average molecular weight is 272 g/mol. The van der Waals surface area contributed by atoms with E-state index >= 15 is 0 Å². The molecule has 0 saturated carbocycles. The van der Waals surface area contributed by atoms with Gasteiger partial charge in [-0.05, 0) is 54.7 Å². The number of alkyl halides is 1. The summed E-state index contributed by atoms with van der Waals surface area (Å²) in [6.45, 7) is 3.23. The molecule has 0 bridgehead atoms. The van der Waals surface area contributed by atoms with Crippen LogP contribution in [-0.4, -0.2) is 6.54 Å². The smallest absolute Gasteiger partial charge is 0.0476 e. The topological polar surface area (TPSA) is 3.24 Å². The standard InChI is InChI=1S/C17H18ClN/c1-13-11-16(9-8-15(13)12-18)19-10-4-6-14-5-2-3-7-17(14)19/h2-3,5,7-9,11H,4,6,10,12H2,1H3. The molecule has 0 radical (unpaired) electrons. The van der Waals surface area contributed by atoms with Crippen LogP contribution in [0.5, 0.6) is 0 Å². The number of aryl methyl sites for hydroxylation is 2. The third-order valence-corrected chi connectivity index (χ3v) is 4.18. The van der Waals surface area contributed by atoms with Gasteiger partial charge in [-0.25, -0.2) is 0 Å². The Morgan fingerprint density at radius 1 is 1.16 bits per heavy atom. The maximum Gasteiger partial charge on any atom is 0.0476 e. The van der Waals surface area contributed by atoms with Gasteiger partial charge in [0.1, 0.15) is 0 Å². The van der Waals surface area contributed by atoms with Crippen LogP contribution in [0.3, 0.4) is 0 Å². The molecule has 2 heteroatoms. The maximum atomic E-state index is 5.94. The fraction of sp³-hybridized carbons (Fsp3) is 0.294. The summed E-state index contributed by atoms with van der Waals surface area (Å²) >= 11 is 5.94. The molecule has 1 nitrogen and oxygen atoms in total. The zero-order valence-corrected chi connectivity index (χ0v) is 12.0. The predicted octanol–water partition coefficient (Wildman–Crippen LogP) is 4.82. The van der Waals surface area contributed by atoms with Gasteiger partial charge in [0, 0.05) is 23.8 Å². The molecule has 0 atom stereocenters. The van der Waals surface area contributed by atoms with Gasteiger partial charge in [-0.3, -0.25) is 0 Å². The van der Waals surface area contributed by atoms with E-state index in [4.69, 9.17) is 11.6 Å². The van der Waals surface area contributed by atoms with Crippen molar-refractivity contribution in [1.82, 2.24) is 0 Å². The largest absolute Gasteiger partial charge is 0.341 e. The van der Waals surface area contributed by atoms with Crippen LogP contribution in [0, 0.1) is 6.92 Å². The molecule has 0 aliphatic carbocycles. The van der Waals surface area contributed by atoms with Gasteiger partial charge in [-0.1, -0.05) is 24.3 Å². The van der Waals surface area contributed by atoms with E-state index in [1.165, 1.54) is 40.9 Å². The zero-order chi connectivity index (χ0) is 13.2. The van der Waals surface area contributed by atoms with E-state index in [9.17, 15) is 0 Å². The Kier molecular flexibility index (Phi) is 3.48. The first kappa shape index (κ1) is 12.6. The van der Waals surface area contributed by atoms with E-state index in [0.717, 1.165) is 6.54 Å². The van der Waals surface area contributed by atoms with Gasteiger partial charge in [0.15, 0.2) is 0 Å². The fourth-order valence-electron chi connectivity index (χ4n) is 2.80. The van der Waals surface area contributed by atoms with E-state index in [-0.39, 0.29) is 0 Å². The first-order valence-electron chi connectivity index (χ1n) is 6.80. The number of nitrogens with zero attached hydrogens (tertiary/aromatic N) is 1. The van der Waals surface area contributed by atoms with Crippen LogP contribution in [0.2, 0.25) is 0 Å². The molecular weight excluding hydrogens is 254 g/mol. The number of anilines is 2. The summed E-state index contributed by atoms with van der Waals surface area (Å²) in [5.74, 6) is 0.586. The Morgan fingerprint density at radius 2 is 2.00 bits per heavy atom. The molecule has 0 fully saturated rings. The van der Waals surface area contributed by atoms with Crippen molar-refractivity contribution in [2.24, 2.45) is 0 Å². The molecule has 0 saturated heterocycles. The fourth-order valence-corrected chi connectivity index (χ4v) is 3.10. The summed E-state index contributed by atoms with van der Waals surface area (Å²) in [5.41, 5.74) is 6.57. The van der Waals surface area contributed by atoms with E-state index < -0.39 is 0 Å². The molecule has 0 amide bonds. The van der Waals surface area contributed by atoms with Gasteiger partial charge in [-0.15, -0.1) is 11.6 Å². The van der Waals surface area contributed by atoms with Crippen LogP contribution in [0.1, 0.15) is 23.1 Å². The van der Waals surface area contributed by atoms with Crippen molar-refractivity contribution in [2.75, 3.05) is 11.4 Å². The second kappa shape index (κ2) is 5.26. The number of hydrogen-bond donors (Lipinski definition) is 0. The number of benzene rings is 2. The molecule has 0 spiro atoms. The van der Waals surface area contributed by atoms with E-state index in [1.54, 1.807) is 0 Å². The lowest BCUT2D eigenvalue weighted by Gasteiger charge is -2.31. The van der Waals surface area contributed by atoms with Crippen molar-refractivity contribution in [1.29, 1.82) is 0 Å². The van der Waals surface area contributed by atoms with Crippen molar-refractivity contribution in [3.8, 4) is 0 Å². The monoisotopic (exact) mass is 271 g/mol. The van der Waals surface area contributed by atoms with Crippen LogP contribution in [0.15, 0.2) is 42.5 Å². The lowest BCUT2D eigenvalue weighted by atomic mass is 10.0. The minimum atomic E-state index is 0.586. The molecule has 0 aromatic heterocycles. The molecule has 2 aromatic rings. The maximum absolute atomic E-state index is 5.94. The minimum absolute atomic E-state index is 0.586. The Bertz CT molecular complexity index is 592. The second-order valence-electron chi connectivity index (χ2n) is 5.13. The summed E-state index contributed by atoms with van der Waals surface area (Å²) in [6, 6.07) is 15.3. The highest BCUT2D eigenvalue weighted by molar-refractivity contribution is 6.17. The Morgan fingerprint density at radius 3 is 2.79 bits per heavy atom. The summed E-state index contributed by atoms with van der Waals surface area (Å²) in [5, 5.41) is 0. The highest BCUT2D eigenvalue weighted by Crippen LogP contribution is 2.34. The van der Waals surface area contributed by atoms with Gasteiger partial charge in [0.05, 0.1) is 0 Å². The summed E-state index contributed by atoms with van der Waals surface area (Å²) in [6.07, 6.45) is 2.40. The second-order valence-corrected chi connectivity index (χ2v) is 5.40. The van der Waals surface area contributed by atoms with Crippen LogP contribution in [-0.2, 0) is 12.3 Å². The van der Waals surface area contributed by atoms with Gasteiger partial charge in [0.2, 0.25) is 0 Å². The SMILES string of the molecule is Cc1cc(N2CCCc3ccccc32)ccc1CCl. The van der Waals surface area contributed by atoms with Crippen LogP contribution < -0.4 is 4.90 Å². The quantitative estimate of drug-likeness (QED) is 0.708. The Hall–Kier alpha value is -1.47. The molecular formula is C17H18ClN. The van der Waals surface area contributed by atoms with E-state index in [0.29, 0.717) is 5.88 Å². The van der Waals surface area contributed by atoms with Crippen molar-refractivity contribution >= 4 is 23.0 Å². The Balaban J connectivity index is 2.02. The van der Waals surface area contributed by atoms with E-state index in [1.807, 2.05) is 0 Å². The average Bonchev–Trinajstić information content (AvgIpc) is 2.46. The predicted molar refractivity (Wildman–Crippen MR) is 82.5 cm³/mol. The van der Waals surface area contributed by atoms with Crippen molar-refractivity contribution < 1.29 is 0 Å². The lowest BCUT2D eigenvalue weighted by Crippen LogP contribution is -2.24. The normalized spacial score (nSPS) is 14.3. The molecule has 98 valence electrons. The van der Waals surface area contributed by atoms with Gasteiger partial charge < -0.3 is 4.90 Å². The number of hydrogen-bond acceptors (Lipinski definition) is 1. The molecule has 1 aliphatic rings. The summed E-state index contributed by atoms with van der Waals surface area (Å²) < 4.78 is 0. The number of halogens is 1. The lowest BCUT2D eigenvalue weighted by molar-refractivity contribution is 0.766. The molecule has 19 heavy (non-hydrogen) atoms. The number of rotatable bonds is 2. The molecule has 2 aromatic carbocycles. The number of para-hydroxylation sites is 1. The molecule has 0 N–H and O–H groups in total. The molecule has 1 heterocycles. The van der Waals surface area contributed by atoms with E-state index in [2.05, 4.69) is 54.3 Å². The minimum Gasteiger partial charge on any atom is -0.341 e. The summed E-state index contributed by atoms with van der Waals surface area (Å²) in [7, 11) is 0. The van der Waals surface area contributed by atoms with Crippen molar-refractivity contribution in [3.05, 3.63) is 59.2 Å². The summed E-state index contributed by atoms with van der Waals surface area (Å²) in [4.78, 5) is 2.42. The van der Waals surface area contributed by atoms with Crippen LogP contribution >= 0.6 is 11.6 Å². The van der Waals surface area contributed by atoms with Crippen LogP contribution in [0.4, 0.5) is 11.4 Å². The molecule has 1 aliphatic heterocycles. The first-order chi connectivity index (χ1) is 9.29. The highest BCUT2D eigenvalue weighted by atomic mass is 35.5. The Labute approximate surface area is 119 Å². The van der Waals surface area contributed by atoms with Gasteiger partial charge in [-0.2, -0.15) is 0 Å². The van der Waals surface area contributed by atoms with Crippen molar-refractivity contribution in [2.45, 2.75) is 25.6 Å². The third kappa shape index (κ3) is 2.35. The van der Waals surface area contributed by atoms with Gasteiger partial charge >= 0.3 is 0 Å². The van der Waals surface area contributed by atoms with Crippen LogP contribution in [0.25, 0.3) is 0 Å². The third-order valence-electron chi connectivity index (χ3n) is 3.89.